The Morgan fingerprint density at radius 3 is 1.44 bits per heavy atom. The fraction of sp³-hybridized carbons (Fsp3) is 0.439. The Hall–Kier alpha value is -3.99. The zero-order valence-corrected chi connectivity index (χ0v) is 29.2. The fourth-order valence-electron chi connectivity index (χ4n) is 5.57. The molecule has 1 radical (unpaired) electrons. The topological polar surface area (TPSA) is 66.4 Å². The van der Waals surface area contributed by atoms with Crippen LogP contribution in [-0.2, 0) is 20.7 Å². The van der Waals surface area contributed by atoms with Crippen LogP contribution >= 0.6 is 0 Å². The Morgan fingerprint density at radius 1 is 0.711 bits per heavy atom. The van der Waals surface area contributed by atoms with Crippen LogP contribution in [0.25, 0.3) is 5.57 Å². The summed E-state index contributed by atoms with van der Waals surface area (Å²) in [4.78, 5) is 13.9. The number of carbonyl (C=O) groups is 1. The van der Waals surface area contributed by atoms with Gasteiger partial charge >= 0.3 is 0 Å². The van der Waals surface area contributed by atoms with E-state index in [-0.39, 0.29) is 24.7 Å². The van der Waals surface area contributed by atoms with Gasteiger partial charge in [0.05, 0.1) is 17.7 Å². The molecule has 2 aromatic carbocycles. The number of allylic oxidation sites excluding steroid dienone is 5. The number of Topliss-reactive ketones (excluding diaryl/α,β-unsaturated/α-hetero) is 1. The van der Waals surface area contributed by atoms with Crippen molar-refractivity contribution in [3.05, 3.63) is 86.5 Å². The van der Waals surface area contributed by atoms with Crippen molar-refractivity contribution in [1.29, 1.82) is 0 Å². The fourth-order valence-corrected chi connectivity index (χ4v) is 5.57. The van der Waals surface area contributed by atoms with Crippen molar-refractivity contribution < 1.29 is 19.7 Å². The largest absolute Gasteiger partial charge is 0.489 e. The summed E-state index contributed by atoms with van der Waals surface area (Å²) in [5, 5.41) is 23.4. The first-order valence-corrected chi connectivity index (χ1v) is 15.5. The molecule has 0 bridgehead atoms. The van der Waals surface area contributed by atoms with Crippen molar-refractivity contribution >= 4 is 11.4 Å². The minimum absolute atomic E-state index is 0.0279. The molecule has 3 rings (SSSR count). The molecule has 4 heteroatoms. The van der Waals surface area contributed by atoms with Gasteiger partial charge in [0.15, 0.2) is 17.3 Å². The molecule has 0 unspecified atom stereocenters. The SMILES string of the molecule is C#Cc1cc(C(=C2C=C(C(C)(C)C)C(=O)C(C(C)(C)C)=C2)c2cc(C(C)(C)C)c([O])c(C(C)(C)C)c2)cc(C#C)c1OCCO. The average Bonchev–Trinajstić information content (AvgIpc) is 2.90. The lowest BCUT2D eigenvalue weighted by atomic mass is 9.70. The molecule has 0 saturated carbocycles. The number of ether oxygens (including phenoxy) is 1. The van der Waals surface area contributed by atoms with Gasteiger partial charge in [-0.25, -0.2) is 0 Å². The third kappa shape index (κ3) is 7.46. The van der Waals surface area contributed by atoms with E-state index in [2.05, 4.69) is 11.8 Å². The summed E-state index contributed by atoms with van der Waals surface area (Å²) in [7, 11) is 0. The quantitative estimate of drug-likeness (QED) is 0.346. The van der Waals surface area contributed by atoms with Gasteiger partial charge in [0.1, 0.15) is 6.61 Å². The summed E-state index contributed by atoms with van der Waals surface area (Å²) < 4.78 is 5.81. The molecule has 45 heavy (non-hydrogen) atoms. The van der Waals surface area contributed by atoms with Gasteiger partial charge in [0.2, 0.25) is 0 Å². The number of carbonyl (C=O) groups excluding carboxylic acids is 1. The van der Waals surface area contributed by atoms with Crippen molar-refractivity contribution in [3.8, 4) is 36.2 Å². The monoisotopic (exact) mass is 605 g/mol. The van der Waals surface area contributed by atoms with E-state index in [9.17, 15) is 15.0 Å². The van der Waals surface area contributed by atoms with Crippen LogP contribution in [0.2, 0.25) is 0 Å². The Balaban J connectivity index is 2.69. The van der Waals surface area contributed by atoms with Crippen molar-refractivity contribution in [3.63, 3.8) is 0 Å². The maximum atomic E-state index is 13.9. The Bertz CT molecular complexity index is 1580. The lowest BCUT2D eigenvalue weighted by Crippen LogP contribution is -2.28. The number of terminal acetylenes is 2. The molecule has 4 nitrogen and oxygen atoms in total. The average molecular weight is 606 g/mol. The Labute approximate surface area is 271 Å². The van der Waals surface area contributed by atoms with Crippen molar-refractivity contribution in [2.45, 2.75) is 93.9 Å². The molecule has 0 fully saturated rings. The van der Waals surface area contributed by atoms with Crippen LogP contribution in [0.4, 0.5) is 0 Å². The normalized spacial score (nSPS) is 14.4. The lowest BCUT2D eigenvalue weighted by molar-refractivity contribution is -0.114. The highest BCUT2D eigenvalue weighted by atomic mass is 16.5. The van der Waals surface area contributed by atoms with Gasteiger partial charge < -0.3 is 9.84 Å². The van der Waals surface area contributed by atoms with Crippen LogP contribution < -0.4 is 4.74 Å². The number of aliphatic hydroxyl groups excluding tert-OH is 1. The van der Waals surface area contributed by atoms with Crippen LogP contribution in [0.3, 0.4) is 0 Å². The van der Waals surface area contributed by atoms with E-state index in [1.54, 1.807) is 0 Å². The minimum atomic E-state index is -0.430. The van der Waals surface area contributed by atoms with Gasteiger partial charge in [-0.1, -0.05) is 94.9 Å². The molecule has 2 aromatic rings. The van der Waals surface area contributed by atoms with Crippen LogP contribution in [0.15, 0.2) is 53.1 Å². The standard InChI is InChI=1S/C41H49O4/c1-15-25-19-27(20-26(16-2)37(25)45-18-17-42)34(28-21-30(38(3,4)5)35(43)31(22-28)39(6,7)8)29-23-32(40(9,10)11)36(44)33(24-29)41(12,13)14/h1-2,19-24,42H,17-18H2,3-14H3. The number of aliphatic hydroxyl groups is 1. The maximum absolute atomic E-state index is 13.9. The summed E-state index contributed by atoms with van der Waals surface area (Å²) in [6, 6.07) is 7.68. The van der Waals surface area contributed by atoms with E-state index in [4.69, 9.17) is 17.6 Å². The first-order chi connectivity index (χ1) is 20.6. The highest BCUT2D eigenvalue weighted by molar-refractivity contribution is 6.12. The van der Waals surface area contributed by atoms with Gasteiger partial charge in [-0.15, -0.1) is 12.8 Å². The summed E-state index contributed by atoms with van der Waals surface area (Å²) in [6.45, 7) is 24.4. The molecule has 0 aromatic heterocycles. The zero-order chi connectivity index (χ0) is 34.3. The van der Waals surface area contributed by atoms with E-state index < -0.39 is 21.7 Å². The van der Waals surface area contributed by atoms with E-state index in [1.165, 1.54) is 0 Å². The maximum Gasteiger partial charge on any atom is 0.186 e. The van der Waals surface area contributed by atoms with E-state index in [1.807, 2.05) is 120 Å². The van der Waals surface area contributed by atoms with E-state index in [0.717, 1.165) is 22.3 Å². The molecule has 1 aliphatic rings. The summed E-state index contributed by atoms with van der Waals surface area (Å²) >= 11 is 0. The molecule has 1 aliphatic carbocycles. The highest BCUT2D eigenvalue weighted by Gasteiger charge is 2.36. The van der Waals surface area contributed by atoms with Gasteiger partial charge in [0, 0.05) is 22.3 Å². The van der Waals surface area contributed by atoms with Crippen LogP contribution in [0.1, 0.15) is 116 Å². The van der Waals surface area contributed by atoms with Crippen molar-refractivity contribution in [2.24, 2.45) is 10.8 Å². The number of hydrogen-bond acceptors (Lipinski definition) is 3. The molecule has 0 heterocycles. The molecule has 0 atom stereocenters. The van der Waals surface area contributed by atoms with Crippen molar-refractivity contribution in [2.75, 3.05) is 13.2 Å². The minimum Gasteiger partial charge on any atom is -0.489 e. The molecule has 0 amide bonds. The molecule has 1 N–H and O–H groups in total. The van der Waals surface area contributed by atoms with Gasteiger partial charge in [-0.3, -0.25) is 9.90 Å². The second kappa shape index (κ2) is 12.4. The van der Waals surface area contributed by atoms with E-state index in [0.29, 0.717) is 39.1 Å². The molecule has 0 saturated heterocycles. The molecular weight excluding hydrogens is 556 g/mol. The summed E-state index contributed by atoms with van der Waals surface area (Å²) in [6.07, 6.45) is 16.0. The predicted molar refractivity (Wildman–Crippen MR) is 185 cm³/mol. The first-order valence-electron chi connectivity index (χ1n) is 15.5. The number of benzene rings is 2. The van der Waals surface area contributed by atoms with Crippen LogP contribution in [0.5, 0.6) is 11.5 Å². The number of rotatable bonds is 5. The van der Waals surface area contributed by atoms with Crippen LogP contribution in [0, 0.1) is 35.5 Å². The third-order valence-electron chi connectivity index (χ3n) is 8.01. The van der Waals surface area contributed by atoms with Crippen molar-refractivity contribution in [1.82, 2.24) is 0 Å². The molecule has 0 aliphatic heterocycles. The van der Waals surface area contributed by atoms with Gasteiger partial charge in [-0.05, 0) is 80.4 Å². The van der Waals surface area contributed by atoms with E-state index >= 15 is 0 Å². The zero-order valence-electron chi connectivity index (χ0n) is 29.2. The summed E-state index contributed by atoms with van der Waals surface area (Å²) in [5.41, 5.74) is 5.20. The molecule has 237 valence electrons. The Morgan fingerprint density at radius 2 is 1.11 bits per heavy atom. The highest BCUT2D eigenvalue weighted by Crippen LogP contribution is 2.46. The second-order valence-electron chi connectivity index (χ2n) is 15.9. The summed E-state index contributed by atoms with van der Waals surface area (Å²) in [5.74, 6) is 5.86. The first kappa shape index (κ1) is 35.5. The van der Waals surface area contributed by atoms with Gasteiger partial charge in [-0.2, -0.15) is 0 Å². The van der Waals surface area contributed by atoms with Crippen LogP contribution in [-0.4, -0.2) is 24.1 Å². The smallest absolute Gasteiger partial charge is 0.186 e. The predicted octanol–water partition coefficient (Wildman–Crippen LogP) is 9.09. The number of hydrogen-bond donors (Lipinski definition) is 1. The third-order valence-corrected chi connectivity index (χ3v) is 8.01. The van der Waals surface area contributed by atoms with Gasteiger partial charge in [0.25, 0.3) is 0 Å². The number of ketones is 1. The second-order valence-corrected chi connectivity index (χ2v) is 15.9. The lowest BCUT2D eigenvalue weighted by Gasteiger charge is -2.32. The molecule has 0 spiro atoms. The Kier molecular flexibility index (Phi) is 9.80. The molecular formula is C41H49O4.